The topological polar surface area (TPSA) is 72.3 Å². The summed E-state index contributed by atoms with van der Waals surface area (Å²) in [7, 11) is 0. The molecule has 0 spiro atoms. The Kier molecular flexibility index (Phi) is 4.57. The maximum atomic E-state index is 13.6. The number of nitriles is 1. The number of benzene rings is 1. The zero-order valence-electron chi connectivity index (χ0n) is 12.9. The van der Waals surface area contributed by atoms with E-state index in [0.29, 0.717) is 37.6 Å². The van der Waals surface area contributed by atoms with E-state index in [9.17, 15) is 9.18 Å². The predicted octanol–water partition coefficient (Wildman–Crippen LogP) is 2.45. The average molecular weight is 325 g/mol. The normalized spacial score (nSPS) is 14.2. The van der Waals surface area contributed by atoms with E-state index in [4.69, 9.17) is 5.26 Å². The van der Waals surface area contributed by atoms with Crippen molar-refractivity contribution in [2.75, 3.05) is 36.4 Å². The summed E-state index contributed by atoms with van der Waals surface area (Å²) in [6, 6.07) is 11.3. The predicted molar refractivity (Wildman–Crippen MR) is 88.2 cm³/mol. The summed E-state index contributed by atoms with van der Waals surface area (Å²) < 4.78 is 13.6. The van der Waals surface area contributed by atoms with Crippen molar-refractivity contribution >= 4 is 17.5 Å². The van der Waals surface area contributed by atoms with Gasteiger partial charge in [0, 0.05) is 32.4 Å². The summed E-state index contributed by atoms with van der Waals surface area (Å²) in [6.45, 7) is 2.08. The van der Waals surface area contributed by atoms with Gasteiger partial charge >= 0.3 is 6.03 Å². The van der Waals surface area contributed by atoms with Crippen molar-refractivity contribution in [3.8, 4) is 6.07 Å². The standard InChI is InChI=1S/C17H16FN5O/c18-14-5-1-2-6-15(14)21-17(24)23-10-8-22(9-11-23)16-13(12-19)4-3-7-20-16/h1-7H,8-11H2,(H,21,24). The number of carbonyl (C=O) groups is 1. The van der Waals surface area contributed by atoms with Crippen LogP contribution in [-0.2, 0) is 0 Å². The first-order valence-electron chi connectivity index (χ1n) is 7.59. The van der Waals surface area contributed by atoms with E-state index in [1.54, 1.807) is 35.4 Å². The lowest BCUT2D eigenvalue weighted by Crippen LogP contribution is -2.50. The molecule has 0 atom stereocenters. The Labute approximate surface area is 139 Å². The third kappa shape index (κ3) is 3.27. The number of anilines is 2. The van der Waals surface area contributed by atoms with Crippen LogP contribution in [-0.4, -0.2) is 42.1 Å². The number of hydrogen-bond acceptors (Lipinski definition) is 4. The van der Waals surface area contributed by atoms with Crippen LogP contribution < -0.4 is 10.2 Å². The van der Waals surface area contributed by atoms with E-state index in [-0.39, 0.29) is 11.7 Å². The molecule has 1 fully saturated rings. The number of piperazine rings is 1. The molecule has 122 valence electrons. The Hall–Kier alpha value is -3.14. The second-order valence-electron chi connectivity index (χ2n) is 5.37. The molecule has 7 heteroatoms. The monoisotopic (exact) mass is 325 g/mol. The summed E-state index contributed by atoms with van der Waals surface area (Å²) in [5.74, 6) is 0.172. The quantitative estimate of drug-likeness (QED) is 0.920. The third-order valence-electron chi connectivity index (χ3n) is 3.89. The number of hydrogen-bond donors (Lipinski definition) is 1. The summed E-state index contributed by atoms with van der Waals surface area (Å²) in [5, 5.41) is 11.7. The van der Waals surface area contributed by atoms with E-state index >= 15 is 0 Å². The van der Waals surface area contributed by atoms with Crippen LogP contribution in [0.4, 0.5) is 20.7 Å². The van der Waals surface area contributed by atoms with Crippen LogP contribution in [0.1, 0.15) is 5.56 Å². The van der Waals surface area contributed by atoms with Crippen molar-refractivity contribution in [3.63, 3.8) is 0 Å². The Balaban J connectivity index is 1.62. The van der Waals surface area contributed by atoms with Crippen LogP contribution in [0.25, 0.3) is 0 Å². The number of urea groups is 1. The molecule has 1 N–H and O–H groups in total. The highest BCUT2D eigenvalue weighted by Gasteiger charge is 2.23. The van der Waals surface area contributed by atoms with Gasteiger partial charge in [-0.2, -0.15) is 5.26 Å². The maximum absolute atomic E-state index is 13.6. The van der Waals surface area contributed by atoms with Gasteiger partial charge in [-0.25, -0.2) is 14.2 Å². The summed E-state index contributed by atoms with van der Waals surface area (Å²) >= 11 is 0. The van der Waals surface area contributed by atoms with Gasteiger partial charge in [0.1, 0.15) is 17.7 Å². The number of para-hydroxylation sites is 1. The largest absolute Gasteiger partial charge is 0.352 e. The molecule has 2 amide bonds. The second-order valence-corrected chi connectivity index (χ2v) is 5.37. The zero-order valence-corrected chi connectivity index (χ0v) is 12.9. The van der Waals surface area contributed by atoms with Gasteiger partial charge in [0.05, 0.1) is 11.3 Å². The van der Waals surface area contributed by atoms with Crippen molar-refractivity contribution in [1.82, 2.24) is 9.88 Å². The fourth-order valence-electron chi connectivity index (χ4n) is 2.61. The molecule has 2 aromatic rings. The van der Waals surface area contributed by atoms with E-state index in [1.807, 2.05) is 4.90 Å². The maximum Gasteiger partial charge on any atom is 0.322 e. The first-order chi connectivity index (χ1) is 11.7. The fraction of sp³-hybridized carbons (Fsp3) is 0.235. The molecule has 0 bridgehead atoms. The Bertz CT molecular complexity index is 781. The molecule has 1 aliphatic heterocycles. The van der Waals surface area contributed by atoms with Crippen LogP contribution in [0.2, 0.25) is 0 Å². The number of amides is 2. The van der Waals surface area contributed by atoms with Crippen LogP contribution >= 0.6 is 0 Å². The molecule has 1 aromatic carbocycles. The highest BCUT2D eigenvalue weighted by Crippen LogP contribution is 2.19. The number of carbonyl (C=O) groups excluding carboxylic acids is 1. The SMILES string of the molecule is N#Cc1cccnc1N1CCN(C(=O)Nc2ccccc2F)CC1. The number of rotatable bonds is 2. The Morgan fingerprint density at radius 1 is 1.17 bits per heavy atom. The highest BCUT2D eigenvalue weighted by atomic mass is 19.1. The first-order valence-corrected chi connectivity index (χ1v) is 7.59. The number of aromatic nitrogens is 1. The minimum Gasteiger partial charge on any atom is -0.352 e. The van der Waals surface area contributed by atoms with Crippen LogP contribution in [0.15, 0.2) is 42.6 Å². The van der Waals surface area contributed by atoms with Crippen LogP contribution in [0.3, 0.4) is 0 Å². The van der Waals surface area contributed by atoms with Crippen LogP contribution in [0, 0.1) is 17.1 Å². The van der Waals surface area contributed by atoms with Gasteiger partial charge < -0.3 is 15.1 Å². The van der Waals surface area contributed by atoms with E-state index in [1.165, 1.54) is 12.1 Å². The summed E-state index contributed by atoms with van der Waals surface area (Å²) in [5.41, 5.74) is 0.684. The fourth-order valence-corrected chi connectivity index (χ4v) is 2.61. The molecule has 1 aromatic heterocycles. The van der Waals surface area contributed by atoms with Gasteiger partial charge in [-0.05, 0) is 24.3 Å². The van der Waals surface area contributed by atoms with Gasteiger partial charge in [0.2, 0.25) is 0 Å². The van der Waals surface area contributed by atoms with E-state index in [0.717, 1.165) is 0 Å². The van der Waals surface area contributed by atoms with Gasteiger partial charge in [-0.1, -0.05) is 12.1 Å². The average Bonchev–Trinajstić information content (AvgIpc) is 2.63. The molecule has 6 nitrogen and oxygen atoms in total. The zero-order chi connectivity index (χ0) is 16.9. The van der Waals surface area contributed by atoms with E-state index in [2.05, 4.69) is 16.4 Å². The van der Waals surface area contributed by atoms with Gasteiger partial charge in [-0.3, -0.25) is 0 Å². The van der Waals surface area contributed by atoms with Crippen molar-refractivity contribution in [2.24, 2.45) is 0 Å². The van der Waals surface area contributed by atoms with Gasteiger partial charge in [0.25, 0.3) is 0 Å². The first kappa shape index (κ1) is 15.7. The van der Waals surface area contributed by atoms with Crippen molar-refractivity contribution in [1.29, 1.82) is 5.26 Å². The molecule has 1 saturated heterocycles. The number of halogens is 1. The van der Waals surface area contributed by atoms with Crippen LogP contribution in [0.5, 0.6) is 0 Å². The smallest absolute Gasteiger partial charge is 0.322 e. The van der Waals surface area contributed by atoms with E-state index < -0.39 is 5.82 Å². The van der Waals surface area contributed by atoms with Gasteiger partial charge in [-0.15, -0.1) is 0 Å². The van der Waals surface area contributed by atoms with Gasteiger partial charge in [0.15, 0.2) is 0 Å². The summed E-state index contributed by atoms with van der Waals surface area (Å²) in [6.07, 6.45) is 1.65. The number of nitrogens with zero attached hydrogens (tertiary/aromatic N) is 4. The minimum absolute atomic E-state index is 0.168. The molecular weight excluding hydrogens is 309 g/mol. The van der Waals surface area contributed by atoms with Crippen molar-refractivity contribution in [3.05, 3.63) is 54.0 Å². The number of nitrogens with one attached hydrogen (secondary N) is 1. The lowest BCUT2D eigenvalue weighted by molar-refractivity contribution is 0.208. The Morgan fingerprint density at radius 3 is 2.62 bits per heavy atom. The Morgan fingerprint density at radius 2 is 1.92 bits per heavy atom. The summed E-state index contributed by atoms with van der Waals surface area (Å²) in [4.78, 5) is 20.1. The molecule has 3 rings (SSSR count). The molecule has 2 heterocycles. The van der Waals surface area contributed by atoms with Crippen molar-refractivity contribution in [2.45, 2.75) is 0 Å². The lowest BCUT2D eigenvalue weighted by atomic mass is 10.2. The second kappa shape index (κ2) is 6.96. The molecular formula is C17H16FN5O. The highest BCUT2D eigenvalue weighted by molar-refractivity contribution is 5.89. The lowest BCUT2D eigenvalue weighted by Gasteiger charge is -2.35. The van der Waals surface area contributed by atoms with Crippen molar-refractivity contribution < 1.29 is 9.18 Å². The number of pyridine rings is 1. The third-order valence-corrected chi connectivity index (χ3v) is 3.89. The molecule has 0 saturated carbocycles. The molecule has 0 unspecified atom stereocenters. The molecule has 24 heavy (non-hydrogen) atoms. The molecule has 1 aliphatic rings. The molecule has 0 radical (unpaired) electrons. The molecule has 0 aliphatic carbocycles. The minimum atomic E-state index is -0.461.